The molecule has 0 heterocycles. The first-order chi connectivity index (χ1) is 51.4. The number of carbonyl (C=O) groups excluding carboxylic acids is 4. The molecule has 0 aromatic carbocycles. The Kier molecular flexibility index (Phi) is 76.9. The molecule has 630 valence electrons. The third-order valence-corrected chi connectivity index (χ3v) is 22.7. The zero-order valence-electron chi connectivity index (χ0n) is 69.7. The predicted octanol–water partition coefficient (Wildman–Crippen LogP) is 26.6. The van der Waals surface area contributed by atoms with E-state index < -0.39 is 97.5 Å². The van der Waals surface area contributed by atoms with Crippen molar-refractivity contribution in [1.29, 1.82) is 0 Å². The van der Waals surface area contributed by atoms with Gasteiger partial charge in [-0.05, 0) is 37.5 Å². The minimum atomic E-state index is -4.97. The lowest BCUT2D eigenvalue weighted by molar-refractivity contribution is -0.161. The molecule has 0 aromatic rings. The molecule has 17 nitrogen and oxygen atoms in total. The van der Waals surface area contributed by atoms with Crippen molar-refractivity contribution in [3.05, 3.63) is 0 Å². The lowest BCUT2D eigenvalue weighted by Crippen LogP contribution is -2.30. The van der Waals surface area contributed by atoms with E-state index in [1.807, 2.05) is 0 Å². The van der Waals surface area contributed by atoms with Crippen molar-refractivity contribution in [3.63, 3.8) is 0 Å². The molecule has 0 rings (SSSR count). The summed E-state index contributed by atoms with van der Waals surface area (Å²) >= 11 is 0. The number of aliphatic hydroxyl groups excluding tert-OH is 1. The summed E-state index contributed by atoms with van der Waals surface area (Å²) in [5.74, 6) is -0.559. The number of hydrogen-bond acceptors (Lipinski definition) is 15. The predicted molar refractivity (Wildman–Crippen MR) is 437 cm³/mol. The van der Waals surface area contributed by atoms with Crippen LogP contribution >= 0.6 is 15.6 Å². The van der Waals surface area contributed by atoms with Gasteiger partial charge in [0.2, 0.25) is 0 Å². The average Bonchev–Trinajstić information content (AvgIpc) is 0.913. The smallest absolute Gasteiger partial charge is 0.462 e. The fraction of sp³-hybridized carbons (Fsp3) is 0.954. The Morgan fingerprint density at radius 2 is 0.481 bits per heavy atom. The molecule has 6 atom stereocenters. The number of aliphatic hydroxyl groups is 1. The molecule has 0 aliphatic rings. The van der Waals surface area contributed by atoms with Gasteiger partial charge in [-0.2, -0.15) is 0 Å². The number of unbranched alkanes of at least 4 members (excludes halogenated alkanes) is 55. The van der Waals surface area contributed by atoms with Crippen molar-refractivity contribution in [2.75, 3.05) is 39.6 Å². The minimum absolute atomic E-state index is 0.106. The van der Waals surface area contributed by atoms with Gasteiger partial charge in [-0.3, -0.25) is 37.3 Å². The molecule has 0 radical (unpaired) electrons. The van der Waals surface area contributed by atoms with E-state index in [1.165, 1.54) is 283 Å². The van der Waals surface area contributed by atoms with E-state index in [4.69, 9.17) is 37.0 Å². The van der Waals surface area contributed by atoms with Crippen LogP contribution < -0.4 is 0 Å². The molecule has 3 N–H and O–H groups in total. The number of rotatable bonds is 86. The molecular weight excluding hydrogens is 1380 g/mol. The Hall–Kier alpha value is -1.94. The van der Waals surface area contributed by atoms with E-state index in [1.54, 1.807) is 0 Å². The van der Waals surface area contributed by atoms with E-state index in [9.17, 15) is 43.2 Å². The van der Waals surface area contributed by atoms with Crippen LogP contribution in [0.1, 0.15) is 465 Å². The van der Waals surface area contributed by atoms with E-state index in [-0.39, 0.29) is 25.7 Å². The maximum Gasteiger partial charge on any atom is 0.472 e. The summed E-state index contributed by atoms with van der Waals surface area (Å²) in [6, 6.07) is 0. The highest BCUT2D eigenvalue weighted by Crippen LogP contribution is 2.45. The largest absolute Gasteiger partial charge is 0.472 e. The Bertz CT molecular complexity index is 2030. The number of ether oxygens (including phenoxy) is 4. The first kappa shape index (κ1) is 104. The Morgan fingerprint density at radius 1 is 0.274 bits per heavy atom. The van der Waals surface area contributed by atoms with Crippen molar-refractivity contribution >= 4 is 39.5 Å². The maximum absolute atomic E-state index is 13.2. The molecule has 3 unspecified atom stereocenters. The average molecular weight is 1550 g/mol. The first-order valence-electron chi connectivity index (χ1n) is 45.0. The molecule has 0 saturated heterocycles. The van der Waals surface area contributed by atoms with Gasteiger partial charge < -0.3 is 33.8 Å². The quantitative estimate of drug-likeness (QED) is 0.0222. The topological polar surface area (TPSA) is 237 Å². The minimum Gasteiger partial charge on any atom is -0.462 e. The second-order valence-corrected chi connectivity index (χ2v) is 34.9. The second kappa shape index (κ2) is 78.3. The maximum atomic E-state index is 13.2. The third-order valence-electron chi connectivity index (χ3n) is 20.8. The highest BCUT2D eigenvalue weighted by molar-refractivity contribution is 7.47. The molecule has 0 fully saturated rings. The standard InChI is InChI=1S/C87H170O17P2/c1-7-10-12-14-16-18-20-22-24-26-28-30-32-34-36-40-44-51-57-63-69-84(89)97-75-82(103-86(91)71-65-59-53-45-41-37-35-33-31-29-27-25-23-21-19-17-15-13-11-8-2)77-101-105(93,94)99-73-81(88)74-100-106(95,96)102-78-83(76-98-85(90)70-64-58-52-48-47-50-56-62-68-80(6)9-3)104-87(92)72-66-60-54-46-42-38-39-43-49-55-61-67-79(4)5/h79-83,88H,7-78H2,1-6H3,(H,93,94)(H,95,96)/t80?,81-,82-,83-/m1/s1. The summed E-state index contributed by atoms with van der Waals surface area (Å²) in [4.78, 5) is 73.3. The van der Waals surface area contributed by atoms with Crippen LogP contribution in [0.4, 0.5) is 0 Å². The Morgan fingerprint density at radius 3 is 0.717 bits per heavy atom. The van der Waals surface area contributed by atoms with E-state index in [2.05, 4.69) is 41.5 Å². The molecule has 0 spiro atoms. The molecule has 0 saturated carbocycles. The number of esters is 4. The zero-order chi connectivity index (χ0) is 77.8. The zero-order valence-corrected chi connectivity index (χ0v) is 71.5. The molecule has 0 aliphatic carbocycles. The molecule has 19 heteroatoms. The number of phosphoric acid groups is 2. The Labute approximate surface area is 651 Å². The van der Waals surface area contributed by atoms with Crippen LogP contribution in [0.25, 0.3) is 0 Å². The van der Waals surface area contributed by atoms with Gasteiger partial charge in [-0.25, -0.2) is 9.13 Å². The van der Waals surface area contributed by atoms with Crippen molar-refractivity contribution < 1.29 is 80.2 Å². The Balaban J connectivity index is 5.24. The van der Waals surface area contributed by atoms with Crippen LogP contribution in [0.15, 0.2) is 0 Å². The molecule has 0 aromatic heterocycles. The summed E-state index contributed by atoms with van der Waals surface area (Å²) in [5.41, 5.74) is 0. The van der Waals surface area contributed by atoms with Crippen molar-refractivity contribution in [2.24, 2.45) is 11.8 Å². The van der Waals surface area contributed by atoms with Crippen LogP contribution in [0.3, 0.4) is 0 Å². The van der Waals surface area contributed by atoms with Crippen LogP contribution in [-0.4, -0.2) is 96.7 Å². The van der Waals surface area contributed by atoms with Crippen LogP contribution in [0.5, 0.6) is 0 Å². The fourth-order valence-corrected chi connectivity index (χ4v) is 15.1. The summed E-state index contributed by atoms with van der Waals surface area (Å²) in [6.45, 7) is 9.68. The SMILES string of the molecule is CCCCCCCCCCCCCCCCCCCCCCC(=O)OC[C@H](COP(=O)(O)OC[C@@H](O)COP(=O)(O)OC[C@@H](COC(=O)CCCCCCCCCCC(C)CC)OC(=O)CCCCCCCCCCCCCC(C)C)OC(=O)CCCCCCCCCCCCCCCCCCCCCC. The summed E-state index contributed by atoms with van der Waals surface area (Å²) < 4.78 is 68.9. The molecular formula is C87H170O17P2. The van der Waals surface area contributed by atoms with Gasteiger partial charge in [-0.15, -0.1) is 0 Å². The summed E-state index contributed by atoms with van der Waals surface area (Å²) in [6.07, 6.45) is 70.9. The normalized spacial score (nSPS) is 14.1. The highest BCUT2D eigenvalue weighted by atomic mass is 31.2. The molecule has 0 bridgehead atoms. The van der Waals surface area contributed by atoms with Gasteiger partial charge in [0.05, 0.1) is 26.4 Å². The number of phosphoric ester groups is 2. The van der Waals surface area contributed by atoms with Gasteiger partial charge in [-0.1, -0.05) is 414 Å². The number of hydrogen-bond donors (Lipinski definition) is 3. The monoisotopic (exact) mass is 1550 g/mol. The molecule has 106 heavy (non-hydrogen) atoms. The van der Waals surface area contributed by atoms with E-state index in [0.29, 0.717) is 25.7 Å². The fourth-order valence-electron chi connectivity index (χ4n) is 13.6. The number of carbonyl (C=O) groups is 4. The van der Waals surface area contributed by atoms with Crippen molar-refractivity contribution in [2.45, 2.75) is 484 Å². The van der Waals surface area contributed by atoms with Gasteiger partial charge in [0.15, 0.2) is 12.2 Å². The van der Waals surface area contributed by atoms with Gasteiger partial charge in [0.1, 0.15) is 19.3 Å². The highest BCUT2D eigenvalue weighted by Gasteiger charge is 2.30. The molecule has 0 aliphatic heterocycles. The van der Waals surface area contributed by atoms with E-state index in [0.717, 1.165) is 102 Å². The summed E-state index contributed by atoms with van der Waals surface area (Å²) in [7, 11) is -9.93. The summed E-state index contributed by atoms with van der Waals surface area (Å²) in [5, 5.41) is 10.7. The molecule has 0 amide bonds. The van der Waals surface area contributed by atoms with Crippen molar-refractivity contribution in [3.8, 4) is 0 Å². The third kappa shape index (κ3) is 78.7. The first-order valence-corrected chi connectivity index (χ1v) is 48.0. The van der Waals surface area contributed by atoms with Gasteiger partial charge >= 0.3 is 39.5 Å². The van der Waals surface area contributed by atoms with Crippen LogP contribution in [-0.2, 0) is 65.4 Å². The van der Waals surface area contributed by atoms with Crippen LogP contribution in [0.2, 0.25) is 0 Å². The van der Waals surface area contributed by atoms with Gasteiger partial charge in [0.25, 0.3) is 0 Å². The van der Waals surface area contributed by atoms with Crippen LogP contribution in [0, 0.1) is 11.8 Å². The second-order valence-electron chi connectivity index (χ2n) is 32.0. The lowest BCUT2D eigenvalue weighted by atomic mass is 9.99. The van der Waals surface area contributed by atoms with Crippen molar-refractivity contribution in [1.82, 2.24) is 0 Å². The van der Waals surface area contributed by atoms with Gasteiger partial charge in [0, 0.05) is 25.7 Å². The lowest BCUT2D eigenvalue weighted by Gasteiger charge is -2.21. The van der Waals surface area contributed by atoms with E-state index >= 15 is 0 Å².